The number of nitrogens with one attached hydrogen (secondary N) is 2. The van der Waals surface area contributed by atoms with E-state index in [1.54, 1.807) is 21.0 Å². The summed E-state index contributed by atoms with van der Waals surface area (Å²) in [6.45, 7) is 2.99. The van der Waals surface area contributed by atoms with Crippen LogP contribution in [-0.4, -0.2) is 56.7 Å². The Hall–Kier alpha value is -1.49. The van der Waals surface area contributed by atoms with Gasteiger partial charge in [0.25, 0.3) is 0 Å². The molecule has 1 aromatic carbocycles. The highest BCUT2D eigenvalue weighted by Crippen LogP contribution is 2.17. The van der Waals surface area contributed by atoms with Gasteiger partial charge in [0.05, 0.1) is 12.1 Å². The Morgan fingerprint density at radius 2 is 2.15 bits per heavy atom. The summed E-state index contributed by atoms with van der Waals surface area (Å²) in [5.74, 6) is -1.02. The van der Waals surface area contributed by atoms with Crippen LogP contribution in [0.4, 0.5) is 8.78 Å². The largest absolute Gasteiger partial charge is 0.376 e. The maximum atomic E-state index is 14.0. The number of ether oxygens (including phenoxy) is 1. The van der Waals surface area contributed by atoms with Gasteiger partial charge < -0.3 is 20.3 Å². The van der Waals surface area contributed by atoms with Crippen molar-refractivity contribution in [2.24, 2.45) is 4.99 Å². The average molecular weight is 496 g/mol. The van der Waals surface area contributed by atoms with Gasteiger partial charge in [0.2, 0.25) is 5.91 Å². The minimum Gasteiger partial charge on any atom is -0.376 e. The lowest BCUT2D eigenvalue weighted by atomic mass is 10.1. The second kappa shape index (κ2) is 11.4. The van der Waals surface area contributed by atoms with Crippen LogP contribution in [0.15, 0.2) is 23.2 Å². The number of carbonyl (C=O) groups is 1. The van der Waals surface area contributed by atoms with E-state index in [0.29, 0.717) is 18.1 Å². The molecule has 2 unspecified atom stereocenters. The minimum atomic E-state index is -0.632. The van der Waals surface area contributed by atoms with Crippen molar-refractivity contribution in [3.8, 4) is 0 Å². The summed E-state index contributed by atoms with van der Waals surface area (Å²) in [5.41, 5.74) is 0.317. The molecule has 1 aromatic rings. The number of hydrogen-bond donors (Lipinski definition) is 2. The molecule has 152 valence electrons. The molecular formula is C18H27F2IN4O2. The quantitative estimate of drug-likeness (QED) is 0.361. The number of halogens is 3. The van der Waals surface area contributed by atoms with Crippen LogP contribution in [0.1, 0.15) is 31.4 Å². The number of benzene rings is 1. The zero-order valence-electron chi connectivity index (χ0n) is 15.8. The number of rotatable bonds is 6. The molecule has 0 bridgehead atoms. The van der Waals surface area contributed by atoms with Crippen LogP contribution >= 0.6 is 24.0 Å². The molecule has 0 spiro atoms. The van der Waals surface area contributed by atoms with Gasteiger partial charge in [-0.25, -0.2) is 13.8 Å². The maximum absolute atomic E-state index is 14.0. The van der Waals surface area contributed by atoms with Crippen LogP contribution in [0, 0.1) is 11.6 Å². The van der Waals surface area contributed by atoms with Gasteiger partial charge in [-0.1, -0.05) is 6.07 Å². The van der Waals surface area contributed by atoms with Gasteiger partial charge in [0.15, 0.2) is 5.96 Å². The second-order valence-electron chi connectivity index (χ2n) is 6.50. The number of hydrogen-bond acceptors (Lipinski definition) is 3. The van der Waals surface area contributed by atoms with Gasteiger partial charge in [-0.2, -0.15) is 0 Å². The van der Waals surface area contributed by atoms with Gasteiger partial charge in [-0.15, -0.1) is 24.0 Å². The smallest absolute Gasteiger partial charge is 0.243 e. The van der Waals surface area contributed by atoms with Crippen molar-refractivity contribution in [2.75, 3.05) is 33.8 Å². The van der Waals surface area contributed by atoms with Gasteiger partial charge in [-0.3, -0.25) is 4.79 Å². The number of nitrogens with zero attached hydrogens (tertiary/aromatic N) is 2. The molecule has 1 amide bonds. The molecule has 0 radical (unpaired) electrons. The van der Waals surface area contributed by atoms with Gasteiger partial charge in [-0.05, 0) is 25.8 Å². The van der Waals surface area contributed by atoms with Crippen molar-refractivity contribution < 1.29 is 18.3 Å². The third-order valence-corrected chi connectivity index (χ3v) is 4.17. The summed E-state index contributed by atoms with van der Waals surface area (Å²) in [6.07, 6.45) is 2.06. The first-order valence-corrected chi connectivity index (χ1v) is 8.68. The summed E-state index contributed by atoms with van der Waals surface area (Å²) in [6, 6.07) is 2.99. The fourth-order valence-electron chi connectivity index (χ4n) is 2.59. The Morgan fingerprint density at radius 1 is 1.41 bits per heavy atom. The van der Waals surface area contributed by atoms with Crippen LogP contribution in [0.25, 0.3) is 0 Å². The number of carbonyl (C=O) groups excluding carboxylic acids is 1. The van der Waals surface area contributed by atoms with E-state index < -0.39 is 17.7 Å². The molecule has 1 saturated heterocycles. The van der Waals surface area contributed by atoms with Crippen molar-refractivity contribution in [2.45, 2.75) is 31.9 Å². The number of guanidine groups is 1. The highest BCUT2D eigenvalue weighted by atomic mass is 127. The molecular weight excluding hydrogens is 469 g/mol. The van der Waals surface area contributed by atoms with Crippen molar-refractivity contribution in [3.63, 3.8) is 0 Å². The molecule has 0 aromatic heterocycles. The maximum Gasteiger partial charge on any atom is 0.243 e. The van der Waals surface area contributed by atoms with E-state index in [9.17, 15) is 13.6 Å². The van der Waals surface area contributed by atoms with E-state index in [4.69, 9.17) is 4.74 Å². The van der Waals surface area contributed by atoms with Crippen molar-refractivity contribution in [3.05, 3.63) is 35.4 Å². The number of aliphatic imine (C=N–C) groups is 1. The van der Waals surface area contributed by atoms with Crippen LogP contribution in [0.5, 0.6) is 0 Å². The zero-order valence-corrected chi connectivity index (χ0v) is 18.1. The van der Waals surface area contributed by atoms with E-state index in [1.807, 2.05) is 0 Å². The first-order chi connectivity index (χ1) is 12.4. The lowest BCUT2D eigenvalue weighted by Crippen LogP contribution is -2.43. The predicted molar refractivity (Wildman–Crippen MR) is 111 cm³/mol. The summed E-state index contributed by atoms with van der Waals surface area (Å²) in [7, 11) is 3.31. The Bertz CT molecular complexity index is 652. The van der Waals surface area contributed by atoms with E-state index in [-0.39, 0.29) is 42.5 Å². The summed E-state index contributed by atoms with van der Waals surface area (Å²) < 4.78 is 32.6. The third-order valence-electron chi connectivity index (χ3n) is 4.17. The van der Waals surface area contributed by atoms with Crippen LogP contribution in [0.2, 0.25) is 0 Å². The van der Waals surface area contributed by atoms with Gasteiger partial charge in [0, 0.05) is 38.9 Å². The van der Waals surface area contributed by atoms with Crippen LogP contribution in [-0.2, 0) is 9.53 Å². The van der Waals surface area contributed by atoms with E-state index in [2.05, 4.69) is 15.6 Å². The Morgan fingerprint density at radius 3 is 2.74 bits per heavy atom. The molecule has 0 saturated carbocycles. The lowest BCUT2D eigenvalue weighted by molar-refractivity contribution is -0.127. The molecule has 1 aliphatic heterocycles. The first-order valence-electron chi connectivity index (χ1n) is 8.68. The molecule has 2 rings (SSSR count). The molecule has 2 atom stereocenters. The molecule has 1 heterocycles. The SMILES string of the molecule is CC(NC(=NCC(=O)N(C)C)NCC1CCCO1)c1ccc(F)cc1F.I. The van der Waals surface area contributed by atoms with E-state index in [0.717, 1.165) is 25.5 Å². The summed E-state index contributed by atoms with van der Waals surface area (Å²) in [4.78, 5) is 17.5. The van der Waals surface area contributed by atoms with Crippen LogP contribution < -0.4 is 10.6 Å². The molecule has 0 aliphatic carbocycles. The van der Waals surface area contributed by atoms with E-state index >= 15 is 0 Å². The first kappa shape index (κ1) is 23.5. The standard InChI is InChI=1S/C18H26F2N4O2.HI/c1-12(15-7-6-13(19)9-16(15)20)23-18(22-11-17(25)24(2)3)21-10-14-5-4-8-26-14;/h6-7,9,12,14H,4-5,8,10-11H2,1-3H3,(H2,21,22,23);1H. The van der Waals surface area contributed by atoms with Gasteiger partial charge >= 0.3 is 0 Å². The molecule has 9 heteroatoms. The fourth-order valence-corrected chi connectivity index (χ4v) is 2.59. The monoisotopic (exact) mass is 496 g/mol. The fraction of sp³-hybridized carbons (Fsp3) is 0.556. The van der Waals surface area contributed by atoms with Crippen molar-refractivity contribution >= 4 is 35.8 Å². The summed E-state index contributed by atoms with van der Waals surface area (Å²) >= 11 is 0. The second-order valence-corrected chi connectivity index (χ2v) is 6.50. The van der Waals surface area contributed by atoms with Crippen LogP contribution in [0.3, 0.4) is 0 Å². The minimum absolute atomic E-state index is 0. The zero-order chi connectivity index (χ0) is 19.1. The molecule has 1 fully saturated rings. The molecule has 27 heavy (non-hydrogen) atoms. The van der Waals surface area contributed by atoms with Crippen molar-refractivity contribution in [1.29, 1.82) is 0 Å². The topological polar surface area (TPSA) is 66.0 Å². The summed E-state index contributed by atoms with van der Waals surface area (Å²) in [5, 5.41) is 6.20. The number of amides is 1. The van der Waals surface area contributed by atoms with Gasteiger partial charge in [0.1, 0.15) is 18.2 Å². The van der Waals surface area contributed by atoms with Crippen molar-refractivity contribution in [1.82, 2.24) is 15.5 Å². The predicted octanol–water partition coefficient (Wildman–Crippen LogP) is 2.45. The van der Waals surface area contributed by atoms with E-state index in [1.165, 1.54) is 17.0 Å². The Kier molecular flexibility index (Phi) is 9.92. The average Bonchev–Trinajstić information content (AvgIpc) is 3.10. The Labute approximate surface area is 175 Å². The number of likely N-dealkylation sites (N-methyl/N-ethyl adjacent to an activating group) is 1. The third kappa shape index (κ3) is 7.57. The highest BCUT2D eigenvalue weighted by Gasteiger charge is 2.18. The lowest BCUT2D eigenvalue weighted by Gasteiger charge is -2.21. The molecule has 6 nitrogen and oxygen atoms in total. The molecule has 1 aliphatic rings. The normalized spacial score (nSPS) is 17.8. The Balaban J connectivity index is 0.00000364. The molecule has 2 N–H and O–H groups in total. The highest BCUT2D eigenvalue weighted by molar-refractivity contribution is 14.0.